The molecule has 0 fully saturated rings. The molecule has 0 aromatic heterocycles. The van der Waals surface area contributed by atoms with Crippen molar-refractivity contribution in [2.75, 3.05) is 0 Å². The first-order valence-electron chi connectivity index (χ1n) is 16.9. The fraction of sp³-hybridized carbons (Fsp3) is 0.341. The molecule has 0 radical (unpaired) electrons. The normalized spacial score (nSPS) is 15.3. The van der Waals surface area contributed by atoms with E-state index in [4.69, 9.17) is 0 Å². The minimum Gasteiger partial charge on any atom is -1.00 e. The van der Waals surface area contributed by atoms with E-state index in [9.17, 15) is 0 Å². The zero-order valence-electron chi connectivity index (χ0n) is 29.9. The number of allylic oxidation sites excluding steroid dienone is 4. The molecule has 0 nitrogen and oxygen atoms in total. The van der Waals surface area contributed by atoms with Crippen LogP contribution in [0.5, 0.6) is 0 Å². The van der Waals surface area contributed by atoms with Gasteiger partial charge in [-0.1, -0.05) is 0 Å². The summed E-state index contributed by atoms with van der Waals surface area (Å²) >= 11 is -2.92. The number of rotatable bonds is 5. The van der Waals surface area contributed by atoms with Crippen LogP contribution in [0.2, 0.25) is 0 Å². The molecule has 244 valence electrons. The summed E-state index contributed by atoms with van der Waals surface area (Å²) in [6.07, 6.45) is 3.63. The Kier molecular flexibility index (Phi) is 11.4. The van der Waals surface area contributed by atoms with Gasteiger partial charge in [0.1, 0.15) is 0 Å². The third kappa shape index (κ3) is 7.06. The maximum Gasteiger partial charge on any atom is -1.00 e. The van der Waals surface area contributed by atoms with E-state index in [0.717, 1.165) is 6.42 Å². The van der Waals surface area contributed by atoms with Gasteiger partial charge in [0, 0.05) is 0 Å². The molecular weight excluding hydrogens is 691 g/mol. The molecule has 0 bridgehead atoms. The standard InChI is InChI=1S/C21H25.C13H10.C10H15.2ClH.Zr/c1-20(2,3)16-7-9-18-14(12-16)11-15-13-17(21(4,5)6)8-10-19(15)18;1-3-7-12(8-4-1)11-13-9-5-2-6-10-13;1-7(2)10-6-8(3)5-9(10)4;;;/h7-10,12H,11H2,1-6H3;1-10H;6-8H,1-4H3;2*1H;/q;;;;;+2/p-2. The summed E-state index contributed by atoms with van der Waals surface area (Å²) in [5.74, 6) is 0.967. The Labute approximate surface area is 304 Å². The molecule has 0 N–H and O–H groups in total. The number of hydrogen-bond donors (Lipinski definition) is 0. The monoisotopic (exact) mass is 738 g/mol. The summed E-state index contributed by atoms with van der Waals surface area (Å²) in [6.45, 7) is 24.0. The Morgan fingerprint density at radius 3 is 1.77 bits per heavy atom. The quantitative estimate of drug-likeness (QED) is 0.241. The van der Waals surface area contributed by atoms with Crippen LogP contribution >= 0.6 is 0 Å². The van der Waals surface area contributed by atoms with Gasteiger partial charge in [-0.05, 0) is 0 Å². The van der Waals surface area contributed by atoms with Crippen LogP contribution < -0.4 is 28.1 Å². The fourth-order valence-corrected chi connectivity index (χ4v) is 17.6. The molecule has 0 saturated heterocycles. The van der Waals surface area contributed by atoms with Crippen LogP contribution in [0.1, 0.15) is 103 Å². The van der Waals surface area contributed by atoms with E-state index < -0.39 is 21.3 Å². The van der Waals surface area contributed by atoms with Crippen LogP contribution in [-0.2, 0) is 38.5 Å². The van der Waals surface area contributed by atoms with E-state index in [2.05, 4.69) is 166 Å². The van der Waals surface area contributed by atoms with Crippen molar-refractivity contribution in [2.45, 2.75) is 86.5 Å². The first-order valence-corrected chi connectivity index (χ1v) is 20.5. The summed E-state index contributed by atoms with van der Waals surface area (Å²) in [4.78, 5) is 0. The van der Waals surface area contributed by atoms with Crippen LogP contribution in [0, 0.1) is 11.8 Å². The summed E-state index contributed by atoms with van der Waals surface area (Å²) in [5.41, 5.74) is 15.1. The molecule has 47 heavy (non-hydrogen) atoms. The summed E-state index contributed by atoms with van der Waals surface area (Å²) in [5, 5.41) is 0. The van der Waals surface area contributed by atoms with E-state index in [-0.39, 0.29) is 35.6 Å². The zero-order valence-corrected chi connectivity index (χ0v) is 33.8. The summed E-state index contributed by atoms with van der Waals surface area (Å²) in [6, 6.07) is 35.1. The maximum absolute atomic E-state index is 2.92. The summed E-state index contributed by atoms with van der Waals surface area (Å²) < 4.78 is 5.09. The predicted molar refractivity (Wildman–Crippen MR) is 193 cm³/mol. The van der Waals surface area contributed by atoms with Crippen LogP contribution in [0.3, 0.4) is 0 Å². The van der Waals surface area contributed by atoms with Crippen molar-refractivity contribution < 1.29 is 46.1 Å². The van der Waals surface area contributed by atoms with Gasteiger partial charge in [-0.2, -0.15) is 0 Å². The van der Waals surface area contributed by atoms with Gasteiger partial charge in [0.2, 0.25) is 0 Å². The minimum absolute atomic E-state index is 0. The maximum atomic E-state index is 2.60. The zero-order chi connectivity index (χ0) is 32.3. The van der Waals surface area contributed by atoms with E-state index in [1.54, 1.807) is 32.0 Å². The molecule has 6 rings (SSSR count). The smallest absolute Gasteiger partial charge is 1.00 e. The first kappa shape index (κ1) is 37.5. The molecule has 3 heteroatoms. The molecule has 4 aromatic rings. The van der Waals surface area contributed by atoms with Gasteiger partial charge < -0.3 is 24.8 Å². The van der Waals surface area contributed by atoms with E-state index >= 15 is 0 Å². The van der Waals surface area contributed by atoms with Gasteiger partial charge in [0.15, 0.2) is 0 Å². The van der Waals surface area contributed by atoms with Crippen molar-refractivity contribution >= 4 is 6.48 Å². The molecule has 2 aliphatic rings. The number of hydrogen-bond acceptors (Lipinski definition) is 0. The van der Waals surface area contributed by atoms with Crippen LogP contribution in [0.25, 0.3) is 11.1 Å². The van der Waals surface area contributed by atoms with Crippen LogP contribution in [-0.4, -0.2) is 3.21 Å². The molecule has 4 aromatic carbocycles. The van der Waals surface area contributed by atoms with Gasteiger partial charge in [0.05, 0.1) is 0 Å². The Balaban J connectivity index is 0.00000250. The predicted octanol–water partition coefficient (Wildman–Crippen LogP) is 4.88. The van der Waals surface area contributed by atoms with Crippen LogP contribution in [0.15, 0.2) is 111 Å². The largest absolute Gasteiger partial charge is 1.00 e. The molecule has 2 aliphatic carbocycles. The van der Waals surface area contributed by atoms with Crippen molar-refractivity contribution in [3.8, 4) is 11.1 Å². The van der Waals surface area contributed by atoms with Gasteiger partial charge in [-0.3, -0.25) is 0 Å². The van der Waals surface area contributed by atoms with Crippen molar-refractivity contribution in [1.82, 2.24) is 0 Å². The third-order valence-electron chi connectivity index (χ3n) is 9.99. The van der Waals surface area contributed by atoms with E-state index in [1.807, 2.05) is 0 Å². The van der Waals surface area contributed by atoms with Gasteiger partial charge in [-0.15, -0.1) is 0 Å². The van der Waals surface area contributed by atoms with Gasteiger partial charge in [-0.25, -0.2) is 0 Å². The second-order valence-electron chi connectivity index (χ2n) is 15.6. The molecule has 0 heterocycles. The number of fused-ring (bicyclic) bond motifs is 3. The minimum atomic E-state index is -2.92. The Bertz CT molecular complexity index is 1820. The summed E-state index contributed by atoms with van der Waals surface area (Å²) in [7, 11) is 0. The number of halogens is 2. The Morgan fingerprint density at radius 1 is 0.723 bits per heavy atom. The Morgan fingerprint density at radius 2 is 1.28 bits per heavy atom. The van der Waals surface area contributed by atoms with Crippen molar-refractivity contribution in [3.05, 3.63) is 145 Å². The molecule has 0 amide bonds. The SMILES string of the molecule is CC1=[C]([Zr+2](=[C](c2ccccc2)c2ccccc2)[c]2c(C(C)(C)C)ccc3c2Cc2cc(C(C)(C)C)ccc2-3)C(C)C=C1C(C)C.[Cl-].[Cl-]. The molecule has 1 atom stereocenters. The fourth-order valence-electron chi connectivity index (χ4n) is 7.73. The second-order valence-corrected chi connectivity index (χ2v) is 21.3. The topological polar surface area (TPSA) is 0 Å². The second kappa shape index (κ2) is 14.3. The van der Waals surface area contributed by atoms with Crippen molar-refractivity contribution in [3.63, 3.8) is 0 Å². The first-order chi connectivity index (χ1) is 21.3. The van der Waals surface area contributed by atoms with Crippen molar-refractivity contribution in [2.24, 2.45) is 11.8 Å². The molecular formula is C44H50Cl2Zr. The third-order valence-corrected chi connectivity index (χ3v) is 18.6. The van der Waals surface area contributed by atoms with Crippen LogP contribution in [0.4, 0.5) is 0 Å². The molecule has 1 unspecified atom stereocenters. The van der Waals surface area contributed by atoms with Gasteiger partial charge >= 0.3 is 282 Å². The Hall–Kier alpha value is -2.31. The van der Waals surface area contributed by atoms with Gasteiger partial charge in [0.25, 0.3) is 0 Å². The van der Waals surface area contributed by atoms with E-state index in [0.29, 0.717) is 11.8 Å². The molecule has 0 saturated carbocycles. The average Bonchev–Trinajstić information content (AvgIpc) is 3.51. The average molecular weight is 741 g/mol. The number of benzene rings is 4. The molecule has 0 spiro atoms. The van der Waals surface area contributed by atoms with E-state index in [1.165, 1.54) is 33.4 Å². The van der Waals surface area contributed by atoms with Crippen molar-refractivity contribution in [1.29, 1.82) is 0 Å². The molecule has 0 aliphatic heterocycles.